The monoisotopic (exact) mass is 198 g/mol. The van der Waals surface area contributed by atoms with Crippen molar-refractivity contribution >= 4 is 17.9 Å². The number of phenols is 1. The van der Waals surface area contributed by atoms with E-state index >= 15 is 0 Å². The summed E-state index contributed by atoms with van der Waals surface area (Å²) in [6.45, 7) is 0.505. The molecule has 0 aliphatic carbocycles. The van der Waals surface area contributed by atoms with Crippen LogP contribution in [0.2, 0.25) is 5.02 Å². The predicted molar refractivity (Wildman–Crippen MR) is 47.7 cm³/mol. The lowest BCUT2D eigenvalue weighted by Gasteiger charge is -2.05. The highest BCUT2D eigenvalue weighted by Crippen LogP contribution is 2.41. The predicted octanol–water partition coefficient (Wildman–Crippen LogP) is 1.79. The summed E-state index contributed by atoms with van der Waals surface area (Å²) in [6.07, 6.45) is 1.24. The first-order valence-corrected chi connectivity index (χ1v) is 4.24. The molecule has 1 heterocycles. The number of ether oxygens (including phenoxy) is 1. The van der Waals surface area contributed by atoms with Crippen LogP contribution in [0.1, 0.15) is 15.9 Å². The van der Waals surface area contributed by atoms with Gasteiger partial charge in [-0.05, 0) is 6.07 Å². The molecule has 1 aliphatic rings. The van der Waals surface area contributed by atoms with Gasteiger partial charge in [0.15, 0.2) is 17.8 Å². The van der Waals surface area contributed by atoms with Crippen LogP contribution in [-0.2, 0) is 6.42 Å². The molecule has 13 heavy (non-hydrogen) atoms. The van der Waals surface area contributed by atoms with Gasteiger partial charge in [0.1, 0.15) is 0 Å². The molecule has 0 fully saturated rings. The van der Waals surface area contributed by atoms with Crippen molar-refractivity contribution in [1.29, 1.82) is 0 Å². The Labute approximate surface area is 79.9 Å². The first-order chi connectivity index (χ1) is 6.24. The minimum Gasteiger partial charge on any atom is -0.504 e. The number of aromatic hydroxyl groups is 1. The second-order valence-corrected chi connectivity index (χ2v) is 3.23. The Morgan fingerprint density at radius 1 is 1.62 bits per heavy atom. The molecule has 0 saturated heterocycles. The van der Waals surface area contributed by atoms with Gasteiger partial charge in [-0.15, -0.1) is 0 Å². The lowest BCUT2D eigenvalue weighted by atomic mass is 10.1. The quantitative estimate of drug-likeness (QED) is 0.700. The SMILES string of the molecule is O=Cc1cc(Cl)c2c(c1O)OCC2. The summed E-state index contributed by atoms with van der Waals surface area (Å²) in [5.74, 6) is 0.251. The fourth-order valence-electron chi connectivity index (χ4n) is 1.41. The molecule has 0 amide bonds. The molecule has 0 aromatic heterocycles. The number of rotatable bonds is 1. The molecular weight excluding hydrogens is 192 g/mol. The molecule has 4 heteroatoms. The standard InChI is InChI=1S/C9H7ClO3/c10-7-3-5(4-11)8(12)9-6(7)1-2-13-9/h3-4,12H,1-2H2. The van der Waals surface area contributed by atoms with Gasteiger partial charge in [0.05, 0.1) is 12.2 Å². The smallest absolute Gasteiger partial charge is 0.168 e. The highest BCUT2D eigenvalue weighted by atomic mass is 35.5. The van der Waals surface area contributed by atoms with Crippen molar-refractivity contribution in [3.8, 4) is 11.5 Å². The number of phenolic OH excluding ortho intramolecular Hbond substituents is 1. The number of carbonyl (C=O) groups is 1. The van der Waals surface area contributed by atoms with E-state index in [4.69, 9.17) is 16.3 Å². The van der Waals surface area contributed by atoms with Crippen LogP contribution < -0.4 is 4.74 Å². The maximum absolute atomic E-state index is 10.5. The Bertz CT molecular complexity index is 374. The summed E-state index contributed by atoms with van der Waals surface area (Å²) in [5, 5.41) is 10.00. The van der Waals surface area contributed by atoms with Crippen molar-refractivity contribution in [2.75, 3.05) is 6.61 Å². The minimum absolute atomic E-state index is 0.105. The zero-order valence-corrected chi connectivity index (χ0v) is 7.47. The molecule has 1 aliphatic heterocycles. The molecule has 0 saturated carbocycles. The van der Waals surface area contributed by atoms with E-state index in [1.54, 1.807) is 0 Å². The Balaban J connectivity index is 2.69. The van der Waals surface area contributed by atoms with Crippen LogP contribution in [0, 0.1) is 0 Å². The summed E-state index contributed by atoms with van der Waals surface area (Å²) in [7, 11) is 0. The summed E-state index contributed by atoms with van der Waals surface area (Å²) < 4.78 is 5.16. The van der Waals surface area contributed by atoms with Crippen molar-refractivity contribution in [2.24, 2.45) is 0 Å². The second kappa shape index (κ2) is 2.92. The van der Waals surface area contributed by atoms with Gasteiger partial charge in [-0.2, -0.15) is 0 Å². The number of hydrogen-bond donors (Lipinski definition) is 1. The van der Waals surface area contributed by atoms with E-state index in [-0.39, 0.29) is 11.3 Å². The highest BCUT2D eigenvalue weighted by Gasteiger charge is 2.22. The van der Waals surface area contributed by atoms with Crippen LogP contribution in [0.15, 0.2) is 6.07 Å². The van der Waals surface area contributed by atoms with Gasteiger partial charge in [0.2, 0.25) is 0 Å². The minimum atomic E-state index is -0.105. The molecular formula is C9H7ClO3. The van der Waals surface area contributed by atoms with E-state index in [9.17, 15) is 9.90 Å². The van der Waals surface area contributed by atoms with Crippen molar-refractivity contribution < 1.29 is 14.6 Å². The van der Waals surface area contributed by atoms with Crippen LogP contribution in [-0.4, -0.2) is 18.0 Å². The van der Waals surface area contributed by atoms with Crippen LogP contribution in [0.25, 0.3) is 0 Å². The van der Waals surface area contributed by atoms with Crippen LogP contribution >= 0.6 is 11.6 Å². The number of halogens is 1. The molecule has 0 atom stereocenters. The van der Waals surface area contributed by atoms with E-state index in [0.717, 1.165) is 5.56 Å². The van der Waals surface area contributed by atoms with Gasteiger partial charge < -0.3 is 9.84 Å². The van der Waals surface area contributed by atoms with E-state index in [1.165, 1.54) is 6.07 Å². The molecule has 1 aromatic rings. The number of fused-ring (bicyclic) bond motifs is 1. The summed E-state index contributed by atoms with van der Waals surface area (Å²) in [5.41, 5.74) is 0.954. The zero-order chi connectivity index (χ0) is 9.42. The maximum atomic E-state index is 10.5. The Morgan fingerprint density at radius 3 is 3.08 bits per heavy atom. The molecule has 1 N–H and O–H groups in total. The number of aldehydes is 1. The van der Waals surface area contributed by atoms with Gasteiger partial charge >= 0.3 is 0 Å². The first-order valence-electron chi connectivity index (χ1n) is 3.86. The highest BCUT2D eigenvalue weighted by molar-refractivity contribution is 6.32. The summed E-state index contributed by atoms with van der Waals surface area (Å²) in [4.78, 5) is 10.5. The topological polar surface area (TPSA) is 46.5 Å². The third kappa shape index (κ3) is 1.16. The third-order valence-corrected chi connectivity index (χ3v) is 2.40. The van der Waals surface area contributed by atoms with E-state index in [2.05, 4.69) is 0 Å². The average molecular weight is 199 g/mol. The summed E-state index contributed by atoms with van der Waals surface area (Å²) in [6, 6.07) is 1.46. The van der Waals surface area contributed by atoms with Gasteiger partial charge in [0.25, 0.3) is 0 Å². The van der Waals surface area contributed by atoms with Gasteiger partial charge in [-0.1, -0.05) is 11.6 Å². The van der Waals surface area contributed by atoms with E-state index in [1.807, 2.05) is 0 Å². The second-order valence-electron chi connectivity index (χ2n) is 2.82. The molecule has 0 bridgehead atoms. The van der Waals surface area contributed by atoms with Crippen LogP contribution in [0.4, 0.5) is 0 Å². The van der Waals surface area contributed by atoms with Crippen LogP contribution in [0.3, 0.4) is 0 Å². The first kappa shape index (κ1) is 8.38. The largest absolute Gasteiger partial charge is 0.504 e. The molecule has 68 valence electrons. The molecule has 3 nitrogen and oxygen atoms in total. The molecule has 1 aromatic carbocycles. The van der Waals surface area contributed by atoms with Crippen molar-refractivity contribution in [1.82, 2.24) is 0 Å². The molecule has 0 unspecified atom stereocenters. The fourth-order valence-corrected chi connectivity index (χ4v) is 1.71. The van der Waals surface area contributed by atoms with Gasteiger partial charge in [-0.3, -0.25) is 4.79 Å². The van der Waals surface area contributed by atoms with E-state index in [0.29, 0.717) is 30.1 Å². The molecule has 0 radical (unpaired) electrons. The van der Waals surface area contributed by atoms with Gasteiger partial charge in [0, 0.05) is 17.0 Å². The number of hydrogen-bond acceptors (Lipinski definition) is 3. The normalized spacial score (nSPS) is 13.6. The lowest BCUT2D eigenvalue weighted by Crippen LogP contribution is -1.88. The lowest BCUT2D eigenvalue weighted by molar-refractivity contribution is 0.112. The summed E-state index contributed by atoms with van der Waals surface area (Å²) >= 11 is 5.88. The Morgan fingerprint density at radius 2 is 2.38 bits per heavy atom. The number of carbonyl (C=O) groups excluding carboxylic acids is 1. The van der Waals surface area contributed by atoms with E-state index < -0.39 is 0 Å². The van der Waals surface area contributed by atoms with Crippen molar-refractivity contribution in [3.05, 3.63) is 22.2 Å². The zero-order valence-electron chi connectivity index (χ0n) is 6.71. The fraction of sp³-hybridized carbons (Fsp3) is 0.222. The Hall–Kier alpha value is -1.22. The van der Waals surface area contributed by atoms with Crippen LogP contribution in [0.5, 0.6) is 11.5 Å². The van der Waals surface area contributed by atoms with Gasteiger partial charge in [-0.25, -0.2) is 0 Å². The number of benzene rings is 1. The average Bonchev–Trinajstić information content (AvgIpc) is 2.60. The third-order valence-electron chi connectivity index (χ3n) is 2.06. The molecule has 2 rings (SSSR count). The van der Waals surface area contributed by atoms with Crippen molar-refractivity contribution in [2.45, 2.75) is 6.42 Å². The molecule has 0 spiro atoms. The Kier molecular flexibility index (Phi) is 1.88. The van der Waals surface area contributed by atoms with Crippen molar-refractivity contribution in [3.63, 3.8) is 0 Å². The maximum Gasteiger partial charge on any atom is 0.168 e.